The summed E-state index contributed by atoms with van der Waals surface area (Å²) >= 11 is 5.92. The van der Waals surface area contributed by atoms with Crippen molar-refractivity contribution in [2.45, 2.75) is 26.3 Å². The van der Waals surface area contributed by atoms with E-state index in [-0.39, 0.29) is 11.8 Å². The average Bonchev–Trinajstić information content (AvgIpc) is 3.25. The van der Waals surface area contributed by atoms with Crippen LogP contribution in [0.5, 0.6) is 5.75 Å². The first-order chi connectivity index (χ1) is 14.0. The fraction of sp³-hybridized carbons (Fsp3) is 0.190. The number of nitrogen functional groups attached to an aromatic ring is 1. The minimum atomic E-state index is -0.0560. The number of nitrogens with two attached hydrogens (primary N) is 1. The van der Waals surface area contributed by atoms with Crippen LogP contribution in [0, 0.1) is 0 Å². The maximum atomic E-state index is 11.0. The van der Waals surface area contributed by atoms with E-state index in [1.165, 1.54) is 0 Å². The van der Waals surface area contributed by atoms with E-state index < -0.39 is 0 Å². The molecule has 7 nitrogen and oxygen atoms in total. The van der Waals surface area contributed by atoms with Gasteiger partial charge in [0.05, 0.1) is 16.7 Å². The lowest BCUT2D eigenvalue weighted by Gasteiger charge is -2.14. The van der Waals surface area contributed by atoms with Crippen LogP contribution in [0.25, 0.3) is 22.4 Å². The number of aromatic amines is 1. The zero-order chi connectivity index (χ0) is 20.5. The maximum Gasteiger partial charge on any atom is 0.200 e. The lowest BCUT2D eigenvalue weighted by Crippen LogP contribution is -2.07. The summed E-state index contributed by atoms with van der Waals surface area (Å²) in [5, 5.41) is 20.2. The van der Waals surface area contributed by atoms with Gasteiger partial charge in [-0.2, -0.15) is 0 Å². The molecule has 1 atom stereocenters. The van der Waals surface area contributed by atoms with Crippen LogP contribution in [0.1, 0.15) is 26.3 Å². The summed E-state index contributed by atoms with van der Waals surface area (Å²) in [5.41, 5.74) is 9.15. The molecule has 8 heteroatoms. The topological polar surface area (TPSA) is 105 Å². The van der Waals surface area contributed by atoms with Gasteiger partial charge in [0, 0.05) is 11.1 Å². The number of aromatic nitrogens is 3. The van der Waals surface area contributed by atoms with E-state index in [0.29, 0.717) is 33.7 Å². The largest absolute Gasteiger partial charge is 0.504 e. The van der Waals surface area contributed by atoms with E-state index in [1.807, 2.05) is 38.1 Å². The molecule has 0 radical (unpaired) electrons. The summed E-state index contributed by atoms with van der Waals surface area (Å²) in [6.07, 6.45) is 0.807. The van der Waals surface area contributed by atoms with Crippen molar-refractivity contribution in [3.05, 3.63) is 53.6 Å². The molecule has 0 unspecified atom stereocenters. The molecular formula is C21H21ClN6O. The van der Waals surface area contributed by atoms with Gasteiger partial charge in [0.25, 0.3) is 0 Å². The molecule has 0 saturated heterocycles. The van der Waals surface area contributed by atoms with Gasteiger partial charge in [-0.25, -0.2) is 4.98 Å². The van der Waals surface area contributed by atoms with Crippen LogP contribution in [-0.2, 0) is 0 Å². The first kappa shape index (κ1) is 19.0. The maximum absolute atomic E-state index is 11.0. The van der Waals surface area contributed by atoms with Gasteiger partial charge in [0.1, 0.15) is 17.2 Å². The average molecular weight is 409 g/mol. The highest BCUT2D eigenvalue weighted by molar-refractivity contribution is 6.30. The summed E-state index contributed by atoms with van der Waals surface area (Å²) in [6.45, 7) is 4.06. The number of imidazole rings is 1. The number of rotatable bonds is 5. The van der Waals surface area contributed by atoms with E-state index in [2.05, 4.69) is 20.2 Å². The monoisotopic (exact) mass is 408 g/mol. The quantitative estimate of drug-likeness (QED) is 0.334. The minimum absolute atomic E-state index is 0.0122. The van der Waals surface area contributed by atoms with E-state index in [4.69, 9.17) is 17.3 Å². The lowest BCUT2D eigenvalue weighted by molar-refractivity contribution is 0.470. The molecule has 29 heavy (non-hydrogen) atoms. The number of aromatic hydroxyl groups is 1. The number of anilines is 1. The van der Waals surface area contributed by atoms with Gasteiger partial charge in [-0.1, -0.05) is 30.7 Å². The predicted octanol–water partition coefficient (Wildman–Crippen LogP) is 6.36. The van der Waals surface area contributed by atoms with Crippen molar-refractivity contribution in [1.82, 2.24) is 14.5 Å². The highest BCUT2D eigenvalue weighted by atomic mass is 35.5. The van der Waals surface area contributed by atoms with Gasteiger partial charge >= 0.3 is 0 Å². The molecule has 2 aromatic carbocycles. The van der Waals surface area contributed by atoms with Crippen LogP contribution in [0.3, 0.4) is 0 Å². The molecule has 2 heterocycles. The van der Waals surface area contributed by atoms with E-state index in [1.54, 1.807) is 28.8 Å². The van der Waals surface area contributed by atoms with Gasteiger partial charge in [0.15, 0.2) is 11.6 Å². The Hall–Kier alpha value is -3.32. The third-order valence-electron chi connectivity index (χ3n) is 4.94. The molecular weight excluding hydrogens is 388 g/mol. The van der Waals surface area contributed by atoms with Crippen LogP contribution in [0.4, 0.5) is 17.3 Å². The molecule has 0 amide bonds. The van der Waals surface area contributed by atoms with Gasteiger partial charge in [0.2, 0.25) is 0 Å². The van der Waals surface area contributed by atoms with Crippen LogP contribution in [0.15, 0.2) is 58.8 Å². The lowest BCUT2D eigenvalue weighted by atomic mass is 10.2. The number of para-hydroxylation sites is 2. The highest BCUT2D eigenvalue weighted by Gasteiger charge is 2.26. The number of hydrogen-bond acceptors (Lipinski definition) is 5. The first-order valence-corrected chi connectivity index (χ1v) is 9.72. The number of fused-ring (bicyclic) bond motifs is 1. The molecule has 0 aliphatic rings. The Kier molecular flexibility index (Phi) is 4.98. The normalized spacial score (nSPS) is 12.8. The second kappa shape index (κ2) is 7.60. The summed E-state index contributed by atoms with van der Waals surface area (Å²) in [4.78, 5) is 7.80. The Morgan fingerprint density at radius 3 is 2.59 bits per heavy atom. The van der Waals surface area contributed by atoms with Crippen LogP contribution < -0.4 is 5.73 Å². The van der Waals surface area contributed by atoms with E-state index >= 15 is 0 Å². The molecule has 0 aliphatic carbocycles. The van der Waals surface area contributed by atoms with E-state index in [9.17, 15) is 5.11 Å². The highest BCUT2D eigenvalue weighted by Crippen LogP contribution is 2.46. The SMILES string of the molecule is CC[C@@H](C)n1c(N)c(-c2nc3ccccc3[nH]2)c(O)c1N=Nc1ccc(Cl)cc1. The van der Waals surface area contributed by atoms with Crippen molar-refractivity contribution in [1.29, 1.82) is 0 Å². The minimum Gasteiger partial charge on any atom is -0.504 e. The Bertz CT molecular complexity index is 1160. The van der Waals surface area contributed by atoms with Crippen molar-refractivity contribution in [3.8, 4) is 17.1 Å². The predicted molar refractivity (Wildman–Crippen MR) is 116 cm³/mol. The summed E-state index contributed by atoms with van der Waals surface area (Å²) in [5.74, 6) is 1.12. The summed E-state index contributed by atoms with van der Waals surface area (Å²) < 4.78 is 1.79. The summed E-state index contributed by atoms with van der Waals surface area (Å²) in [6, 6.07) is 14.6. The van der Waals surface area contributed by atoms with Crippen LogP contribution in [0.2, 0.25) is 5.02 Å². The fourth-order valence-corrected chi connectivity index (χ4v) is 3.35. The van der Waals surface area contributed by atoms with Gasteiger partial charge < -0.3 is 20.4 Å². The van der Waals surface area contributed by atoms with Crippen LogP contribution >= 0.6 is 11.6 Å². The molecule has 2 aromatic heterocycles. The molecule has 4 rings (SSSR count). The summed E-state index contributed by atoms with van der Waals surface area (Å²) in [7, 11) is 0. The standard InChI is InChI=1S/C21H21ClN6O/c1-3-12(2)28-19(23)17(20-24-15-6-4-5-7-16(15)25-20)18(29)21(28)27-26-14-10-8-13(22)9-11-14/h4-12,29H,3,23H2,1-2H3,(H,24,25)/t12-/m1/s1. The van der Waals surface area contributed by atoms with Crippen LogP contribution in [-0.4, -0.2) is 19.6 Å². The fourth-order valence-electron chi connectivity index (χ4n) is 3.22. The van der Waals surface area contributed by atoms with Crippen molar-refractivity contribution in [2.75, 3.05) is 5.73 Å². The third-order valence-corrected chi connectivity index (χ3v) is 5.19. The molecule has 0 aliphatic heterocycles. The Labute approximate surface area is 172 Å². The zero-order valence-corrected chi connectivity index (χ0v) is 16.9. The molecule has 0 spiro atoms. The Balaban J connectivity index is 1.86. The van der Waals surface area contributed by atoms with Gasteiger partial charge in [-0.3, -0.25) is 0 Å². The molecule has 0 fully saturated rings. The molecule has 148 valence electrons. The third kappa shape index (κ3) is 3.45. The number of azo groups is 1. The Morgan fingerprint density at radius 2 is 1.90 bits per heavy atom. The number of nitrogens with one attached hydrogen (secondary N) is 1. The smallest absolute Gasteiger partial charge is 0.200 e. The second-order valence-electron chi connectivity index (χ2n) is 6.84. The number of benzene rings is 2. The molecule has 4 N–H and O–H groups in total. The van der Waals surface area contributed by atoms with Crippen molar-refractivity contribution in [3.63, 3.8) is 0 Å². The molecule has 4 aromatic rings. The van der Waals surface area contributed by atoms with Crippen molar-refractivity contribution >= 4 is 40.0 Å². The first-order valence-electron chi connectivity index (χ1n) is 9.34. The number of nitrogens with zero attached hydrogens (tertiary/aromatic N) is 4. The zero-order valence-electron chi connectivity index (χ0n) is 16.1. The number of H-pyrrole nitrogens is 1. The molecule has 0 bridgehead atoms. The van der Waals surface area contributed by atoms with E-state index in [0.717, 1.165) is 17.5 Å². The Morgan fingerprint density at radius 1 is 1.17 bits per heavy atom. The number of hydrogen-bond donors (Lipinski definition) is 3. The number of halogens is 1. The van der Waals surface area contributed by atoms with Gasteiger partial charge in [-0.15, -0.1) is 10.2 Å². The van der Waals surface area contributed by atoms with Gasteiger partial charge in [-0.05, 0) is 49.7 Å². The molecule has 0 saturated carbocycles. The van der Waals surface area contributed by atoms with Crippen molar-refractivity contribution in [2.24, 2.45) is 10.2 Å². The second-order valence-corrected chi connectivity index (χ2v) is 7.28. The van der Waals surface area contributed by atoms with Crippen molar-refractivity contribution < 1.29 is 5.11 Å².